The molecule has 2 heterocycles. The number of rotatable bonds is 2. The average Bonchev–Trinajstić information content (AvgIpc) is 2.73. The van der Waals surface area contributed by atoms with Gasteiger partial charge in [0.15, 0.2) is 0 Å². The van der Waals surface area contributed by atoms with Crippen LogP contribution in [0.2, 0.25) is 0 Å². The van der Waals surface area contributed by atoms with Gasteiger partial charge < -0.3 is 15.0 Å². The van der Waals surface area contributed by atoms with E-state index in [4.69, 9.17) is 0 Å². The van der Waals surface area contributed by atoms with Crippen molar-refractivity contribution in [1.82, 2.24) is 9.88 Å². The molecule has 3 heteroatoms. The van der Waals surface area contributed by atoms with Crippen molar-refractivity contribution in [1.29, 1.82) is 0 Å². The molecule has 96 valence electrons. The second-order valence-corrected chi connectivity index (χ2v) is 5.43. The van der Waals surface area contributed by atoms with Crippen molar-refractivity contribution in [2.24, 2.45) is 7.05 Å². The highest BCUT2D eigenvalue weighted by molar-refractivity contribution is 5.83. The highest BCUT2D eigenvalue weighted by Gasteiger charge is 2.29. The lowest BCUT2D eigenvalue weighted by Crippen LogP contribution is -2.43. The van der Waals surface area contributed by atoms with Crippen LogP contribution in [0.4, 0.5) is 0 Å². The SMILES string of the molecule is Cn1ccc2cccc(CC3(O)CCNCC3)c21. The van der Waals surface area contributed by atoms with Crippen molar-refractivity contribution in [3.05, 3.63) is 36.0 Å². The predicted octanol–water partition coefficient (Wildman–Crippen LogP) is 1.84. The van der Waals surface area contributed by atoms with Crippen LogP contribution in [0.15, 0.2) is 30.5 Å². The number of aliphatic hydroxyl groups is 1. The molecule has 1 aromatic heterocycles. The van der Waals surface area contributed by atoms with E-state index in [1.165, 1.54) is 16.5 Å². The zero-order chi connectivity index (χ0) is 12.6. The lowest BCUT2D eigenvalue weighted by Gasteiger charge is -2.33. The van der Waals surface area contributed by atoms with Gasteiger partial charge in [0, 0.05) is 19.7 Å². The summed E-state index contributed by atoms with van der Waals surface area (Å²) in [6.07, 6.45) is 4.52. The number of aromatic nitrogens is 1. The van der Waals surface area contributed by atoms with Gasteiger partial charge in [-0.2, -0.15) is 0 Å². The minimum Gasteiger partial charge on any atom is -0.389 e. The molecule has 0 radical (unpaired) electrons. The summed E-state index contributed by atoms with van der Waals surface area (Å²) in [5.74, 6) is 0. The first-order valence-electron chi connectivity index (χ1n) is 6.64. The van der Waals surface area contributed by atoms with E-state index < -0.39 is 5.60 Å². The molecule has 1 aliphatic rings. The van der Waals surface area contributed by atoms with E-state index >= 15 is 0 Å². The molecule has 1 fully saturated rings. The molecule has 0 spiro atoms. The Morgan fingerprint density at radius 3 is 2.83 bits per heavy atom. The molecular formula is C15H20N2O. The molecule has 1 saturated heterocycles. The number of aryl methyl sites for hydroxylation is 1. The lowest BCUT2D eigenvalue weighted by molar-refractivity contribution is 0.0111. The van der Waals surface area contributed by atoms with E-state index in [9.17, 15) is 5.11 Å². The van der Waals surface area contributed by atoms with Crippen molar-refractivity contribution in [3.8, 4) is 0 Å². The summed E-state index contributed by atoms with van der Waals surface area (Å²) in [4.78, 5) is 0. The molecule has 18 heavy (non-hydrogen) atoms. The number of benzene rings is 1. The van der Waals surface area contributed by atoms with Crippen LogP contribution in [-0.2, 0) is 13.5 Å². The highest BCUT2D eigenvalue weighted by Crippen LogP contribution is 2.27. The number of para-hydroxylation sites is 1. The monoisotopic (exact) mass is 244 g/mol. The topological polar surface area (TPSA) is 37.2 Å². The minimum atomic E-state index is -0.538. The Balaban J connectivity index is 1.96. The summed E-state index contributed by atoms with van der Waals surface area (Å²) in [5.41, 5.74) is 1.97. The molecule has 0 amide bonds. The minimum absolute atomic E-state index is 0.538. The van der Waals surface area contributed by atoms with Gasteiger partial charge in [0.2, 0.25) is 0 Å². The first-order valence-corrected chi connectivity index (χ1v) is 6.64. The zero-order valence-electron chi connectivity index (χ0n) is 10.8. The van der Waals surface area contributed by atoms with Crippen LogP contribution < -0.4 is 5.32 Å². The van der Waals surface area contributed by atoms with Crippen LogP contribution >= 0.6 is 0 Å². The van der Waals surface area contributed by atoms with Crippen LogP contribution in [0.5, 0.6) is 0 Å². The largest absolute Gasteiger partial charge is 0.389 e. The van der Waals surface area contributed by atoms with Gasteiger partial charge in [-0.25, -0.2) is 0 Å². The van der Waals surface area contributed by atoms with Crippen molar-refractivity contribution < 1.29 is 5.11 Å². The molecule has 3 nitrogen and oxygen atoms in total. The summed E-state index contributed by atoms with van der Waals surface area (Å²) in [7, 11) is 2.07. The number of nitrogens with one attached hydrogen (secondary N) is 1. The summed E-state index contributed by atoms with van der Waals surface area (Å²) in [5, 5.41) is 15.2. The van der Waals surface area contributed by atoms with Crippen molar-refractivity contribution in [3.63, 3.8) is 0 Å². The first kappa shape index (κ1) is 11.8. The number of fused-ring (bicyclic) bond motifs is 1. The fraction of sp³-hybridized carbons (Fsp3) is 0.467. The van der Waals surface area contributed by atoms with Crippen molar-refractivity contribution in [2.75, 3.05) is 13.1 Å². The normalized spacial score (nSPS) is 19.2. The molecule has 1 aliphatic heterocycles. The zero-order valence-corrected chi connectivity index (χ0v) is 10.8. The van der Waals surface area contributed by atoms with Gasteiger partial charge in [0.25, 0.3) is 0 Å². The van der Waals surface area contributed by atoms with Crippen molar-refractivity contribution in [2.45, 2.75) is 24.9 Å². The Bertz CT molecular complexity index is 553. The second kappa shape index (κ2) is 4.41. The Labute approximate surface area is 107 Å². The van der Waals surface area contributed by atoms with Crippen LogP contribution in [0, 0.1) is 0 Å². The second-order valence-electron chi connectivity index (χ2n) is 5.43. The summed E-state index contributed by atoms with van der Waals surface area (Å²) >= 11 is 0. The third-order valence-corrected chi connectivity index (χ3v) is 4.03. The molecule has 0 unspecified atom stereocenters. The quantitative estimate of drug-likeness (QED) is 0.846. The molecule has 2 aromatic rings. The smallest absolute Gasteiger partial charge is 0.0712 e. The van der Waals surface area contributed by atoms with Gasteiger partial charge >= 0.3 is 0 Å². The Kier molecular flexibility index (Phi) is 2.88. The maximum Gasteiger partial charge on any atom is 0.0712 e. The molecule has 0 aliphatic carbocycles. The van der Waals surface area contributed by atoms with E-state index in [1.54, 1.807) is 0 Å². The number of hydrogen-bond donors (Lipinski definition) is 2. The number of piperidine rings is 1. The maximum absolute atomic E-state index is 10.7. The molecule has 2 N–H and O–H groups in total. The van der Waals surface area contributed by atoms with Gasteiger partial charge in [0.05, 0.1) is 11.1 Å². The summed E-state index contributed by atoms with van der Waals surface area (Å²) in [6.45, 7) is 1.83. The van der Waals surface area contributed by atoms with Gasteiger partial charge in [-0.3, -0.25) is 0 Å². The predicted molar refractivity (Wildman–Crippen MR) is 73.7 cm³/mol. The van der Waals surface area contributed by atoms with Crippen LogP contribution in [0.1, 0.15) is 18.4 Å². The van der Waals surface area contributed by atoms with Gasteiger partial charge in [0.1, 0.15) is 0 Å². The fourth-order valence-electron chi connectivity index (χ4n) is 3.01. The van der Waals surface area contributed by atoms with Crippen LogP contribution in [0.3, 0.4) is 0 Å². The van der Waals surface area contributed by atoms with E-state index in [0.717, 1.165) is 32.4 Å². The summed E-state index contributed by atoms with van der Waals surface area (Å²) < 4.78 is 2.15. The number of nitrogens with zero attached hydrogens (tertiary/aromatic N) is 1. The number of hydrogen-bond acceptors (Lipinski definition) is 2. The van der Waals surface area contributed by atoms with Gasteiger partial charge in [-0.1, -0.05) is 18.2 Å². The molecule has 1 aromatic carbocycles. The first-order chi connectivity index (χ1) is 8.68. The standard InChI is InChI=1S/C15H20N2O/c1-17-10-5-12-3-2-4-13(14(12)17)11-15(18)6-8-16-9-7-15/h2-5,10,16,18H,6-9,11H2,1H3. The van der Waals surface area contributed by atoms with E-state index in [1.807, 2.05) is 0 Å². The Morgan fingerprint density at radius 1 is 1.28 bits per heavy atom. The van der Waals surface area contributed by atoms with Crippen LogP contribution in [0.25, 0.3) is 10.9 Å². The van der Waals surface area contributed by atoms with Gasteiger partial charge in [-0.05, 0) is 42.9 Å². The van der Waals surface area contributed by atoms with Crippen LogP contribution in [-0.4, -0.2) is 28.4 Å². The maximum atomic E-state index is 10.7. The third kappa shape index (κ3) is 2.04. The average molecular weight is 244 g/mol. The molecular weight excluding hydrogens is 224 g/mol. The summed E-state index contributed by atoms with van der Waals surface area (Å²) in [6, 6.07) is 8.49. The van der Waals surface area contributed by atoms with E-state index in [0.29, 0.717) is 0 Å². The Morgan fingerprint density at radius 2 is 2.06 bits per heavy atom. The Hall–Kier alpha value is -1.32. The molecule has 0 bridgehead atoms. The fourth-order valence-corrected chi connectivity index (χ4v) is 3.01. The molecule has 0 atom stereocenters. The van der Waals surface area contributed by atoms with E-state index in [-0.39, 0.29) is 0 Å². The van der Waals surface area contributed by atoms with Gasteiger partial charge in [-0.15, -0.1) is 0 Å². The van der Waals surface area contributed by atoms with E-state index in [2.05, 4.69) is 47.4 Å². The highest BCUT2D eigenvalue weighted by atomic mass is 16.3. The lowest BCUT2D eigenvalue weighted by atomic mass is 9.85. The van der Waals surface area contributed by atoms with Crippen molar-refractivity contribution >= 4 is 10.9 Å². The third-order valence-electron chi connectivity index (χ3n) is 4.03. The molecule has 0 saturated carbocycles. The molecule has 3 rings (SSSR count).